The van der Waals surface area contributed by atoms with Crippen LogP contribution in [0.5, 0.6) is 0 Å². The predicted octanol–water partition coefficient (Wildman–Crippen LogP) is 0.888. The van der Waals surface area contributed by atoms with Crippen molar-refractivity contribution in [1.29, 1.82) is 0 Å². The van der Waals surface area contributed by atoms with Crippen LogP contribution in [0.3, 0.4) is 0 Å². The largest absolute Gasteiger partial charge is 0.396 e. The molecule has 1 rings (SSSR count). The van der Waals surface area contributed by atoms with Crippen LogP contribution in [0, 0.1) is 11.8 Å². The second-order valence-corrected chi connectivity index (χ2v) is 4.98. The monoisotopic (exact) mass is 214 g/mol. The third kappa shape index (κ3) is 4.09. The molecule has 0 aromatic rings. The predicted molar refractivity (Wildman–Crippen MR) is 64.0 cm³/mol. The molecule has 1 fully saturated rings. The van der Waals surface area contributed by atoms with Crippen LogP contribution in [-0.4, -0.2) is 61.8 Å². The van der Waals surface area contributed by atoms with Gasteiger partial charge >= 0.3 is 0 Å². The molecule has 1 aliphatic rings. The maximum absolute atomic E-state index is 9.41. The number of aliphatic hydroxyl groups excluding tert-OH is 1. The maximum Gasteiger partial charge on any atom is 0.0474 e. The Morgan fingerprint density at radius 2 is 1.93 bits per heavy atom. The Labute approximate surface area is 94.1 Å². The number of likely N-dealkylation sites (tertiary alicyclic amines) is 1. The highest BCUT2D eigenvalue weighted by molar-refractivity contribution is 4.78. The molecule has 0 bridgehead atoms. The van der Waals surface area contributed by atoms with Crippen LogP contribution < -0.4 is 0 Å². The Morgan fingerprint density at radius 3 is 2.33 bits per heavy atom. The molecule has 0 aromatic carbocycles. The minimum Gasteiger partial charge on any atom is -0.396 e. The summed E-state index contributed by atoms with van der Waals surface area (Å²) < 4.78 is 0. The first-order valence-electron chi connectivity index (χ1n) is 6.15. The summed E-state index contributed by atoms with van der Waals surface area (Å²) >= 11 is 0. The van der Waals surface area contributed by atoms with E-state index in [1.807, 2.05) is 0 Å². The molecule has 0 aromatic heterocycles. The third-order valence-electron chi connectivity index (χ3n) is 3.58. The summed E-state index contributed by atoms with van der Waals surface area (Å²) in [6, 6.07) is 0. The van der Waals surface area contributed by atoms with Gasteiger partial charge in [0.15, 0.2) is 0 Å². The van der Waals surface area contributed by atoms with Gasteiger partial charge in [-0.15, -0.1) is 0 Å². The molecule has 0 aliphatic carbocycles. The van der Waals surface area contributed by atoms with Gasteiger partial charge in [0.1, 0.15) is 0 Å². The summed E-state index contributed by atoms with van der Waals surface area (Å²) in [5, 5.41) is 9.41. The van der Waals surface area contributed by atoms with Crippen LogP contribution in [-0.2, 0) is 0 Å². The van der Waals surface area contributed by atoms with Crippen LogP contribution in [0.1, 0.15) is 19.8 Å². The van der Waals surface area contributed by atoms with Gasteiger partial charge in [-0.05, 0) is 58.4 Å². The fraction of sp³-hybridized carbons (Fsp3) is 1.00. The van der Waals surface area contributed by atoms with E-state index in [1.165, 1.54) is 32.5 Å². The lowest BCUT2D eigenvalue weighted by Gasteiger charge is -2.35. The van der Waals surface area contributed by atoms with E-state index in [1.54, 1.807) is 0 Å². The Morgan fingerprint density at radius 1 is 1.33 bits per heavy atom. The van der Waals surface area contributed by atoms with Crippen molar-refractivity contribution in [2.75, 3.05) is 46.9 Å². The molecule has 0 saturated carbocycles. The minimum absolute atomic E-state index is 0.342. The van der Waals surface area contributed by atoms with Crippen LogP contribution in [0.25, 0.3) is 0 Å². The van der Waals surface area contributed by atoms with Gasteiger partial charge in [0.25, 0.3) is 0 Å². The molecule has 1 N–H and O–H groups in total. The zero-order valence-electron chi connectivity index (χ0n) is 10.4. The lowest BCUT2D eigenvalue weighted by Crippen LogP contribution is -2.39. The van der Waals surface area contributed by atoms with Gasteiger partial charge in [-0.1, -0.05) is 6.92 Å². The third-order valence-corrected chi connectivity index (χ3v) is 3.58. The molecule has 1 heterocycles. The number of hydrogen-bond donors (Lipinski definition) is 1. The molecule has 1 aliphatic heterocycles. The van der Waals surface area contributed by atoms with Gasteiger partial charge in [-0.25, -0.2) is 0 Å². The number of aliphatic hydroxyl groups is 1. The molecule has 3 nitrogen and oxygen atoms in total. The van der Waals surface area contributed by atoms with Gasteiger partial charge in [0, 0.05) is 13.2 Å². The van der Waals surface area contributed by atoms with Crippen LogP contribution in [0.4, 0.5) is 0 Å². The van der Waals surface area contributed by atoms with Crippen molar-refractivity contribution >= 4 is 0 Å². The first-order chi connectivity index (χ1) is 7.17. The lowest BCUT2D eigenvalue weighted by atomic mass is 9.84. The quantitative estimate of drug-likeness (QED) is 0.736. The Bertz CT molecular complexity index is 165. The number of nitrogens with zero attached hydrogens (tertiary/aromatic N) is 2. The van der Waals surface area contributed by atoms with E-state index in [0.29, 0.717) is 12.5 Å². The number of rotatable bonds is 5. The Kier molecular flexibility index (Phi) is 5.58. The lowest BCUT2D eigenvalue weighted by molar-refractivity contribution is 0.0918. The van der Waals surface area contributed by atoms with Crippen LogP contribution in [0.15, 0.2) is 0 Å². The standard InChI is InChI=1S/C12H26N2O/c1-4-14-7-5-11(6-8-14)12(10-15)9-13(2)3/h11-12,15H,4-10H2,1-3H3. The van der Waals surface area contributed by atoms with Crippen molar-refractivity contribution in [2.24, 2.45) is 11.8 Å². The zero-order valence-corrected chi connectivity index (χ0v) is 10.4. The van der Waals surface area contributed by atoms with E-state index in [9.17, 15) is 5.11 Å². The van der Waals surface area contributed by atoms with E-state index in [2.05, 4.69) is 30.8 Å². The highest BCUT2D eigenvalue weighted by Crippen LogP contribution is 2.25. The summed E-state index contributed by atoms with van der Waals surface area (Å²) in [5.41, 5.74) is 0. The first-order valence-corrected chi connectivity index (χ1v) is 6.15. The van der Waals surface area contributed by atoms with Crippen molar-refractivity contribution in [3.8, 4) is 0 Å². The fourth-order valence-corrected chi connectivity index (χ4v) is 2.57. The molecule has 90 valence electrons. The van der Waals surface area contributed by atoms with Crippen LogP contribution in [0.2, 0.25) is 0 Å². The van der Waals surface area contributed by atoms with E-state index < -0.39 is 0 Å². The molecule has 1 saturated heterocycles. The zero-order chi connectivity index (χ0) is 11.3. The number of piperidine rings is 1. The Hall–Kier alpha value is -0.120. The summed E-state index contributed by atoms with van der Waals surface area (Å²) in [6.45, 7) is 7.19. The maximum atomic E-state index is 9.41. The highest BCUT2D eigenvalue weighted by Gasteiger charge is 2.25. The van der Waals surface area contributed by atoms with Gasteiger partial charge in [0.2, 0.25) is 0 Å². The van der Waals surface area contributed by atoms with Crippen molar-refractivity contribution in [1.82, 2.24) is 9.80 Å². The van der Waals surface area contributed by atoms with Crippen molar-refractivity contribution in [3.05, 3.63) is 0 Å². The summed E-state index contributed by atoms with van der Waals surface area (Å²) in [7, 11) is 4.17. The average molecular weight is 214 g/mol. The van der Waals surface area contributed by atoms with Crippen molar-refractivity contribution < 1.29 is 5.11 Å². The molecule has 3 heteroatoms. The van der Waals surface area contributed by atoms with Gasteiger partial charge < -0.3 is 14.9 Å². The molecule has 1 atom stereocenters. The molecule has 0 spiro atoms. The smallest absolute Gasteiger partial charge is 0.0474 e. The second kappa shape index (κ2) is 6.46. The Balaban J connectivity index is 2.35. The summed E-state index contributed by atoms with van der Waals surface area (Å²) in [4.78, 5) is 4.69. The highest BCUT2D eigenvalue weighted by atomic mass is 16.3. The van der Waals surface area contributed by atoms with Gasteiger partial charge in [-0.2, -0.15) is 0 Å². The van der Waals surface area contributed by atoms with Gasteiger partial charge in [-0.3, -0.25) is 0 Å². The first kappa shape index (κ1) is 12.9. The van der Waals surface area contributed by atoms with E-state index in [-0.39, 0.29) is 0 Å². The molecule has 15 heavy (non-hydrogen) atoms. The number of hydrogen-bond acceptors (Lipinski definition) is 3. The summed E-state index contributed by atoms with van der Waals surface area (Å²) in [5.74, 6) is 1.19. The van der Waals surface area contributed by atoms with Crippen LogP contribution >= 0.6 is 0 Å². The van der Waals surface area contributed by atoms with Crippen molar-refractivity contribution in [2.45, 2.75) is 19.8 Å². The topological polar surface area (TPSA) is 26.7 Å². The van der Waals surface area contributed by atoms with Gasteiger partial charge in [0.05, 0.1) is 0 Å². The summed E-state index contributed by atoms with van der Waals surface area (Å²) in [6.07, 6.45) is 2.51. The van der Waals surface area contributed by atoms with Crippen molar-refractivity contribution in [3.63, 3.8) is 0 Å². The molecule has 1 unspecified atom stereocenters. The average Bonchev–Trinajstić information content (AvgIpc) is 2.26. The molecular formula is C12H26N2O. The molecule has 0 amide bonds. The van der Waals surface area contributed by atoms with E-state index >= 15 is 0 Å². The fourth-order valence-electron chi connectivity index (χ4n) is 2.57. The van der Waals surface area contributed by atoms with E-state index in [4.69, 9.17) is 0 Å². The van der Waals surface area contributed by atoms with E-state index in [0.717, 1.165) is 12.5 Å². The minimum atomic E-state index is 0.342. The normalized spacial score (nSPS) is 22.2. The molecular weight excluding hydrogens is 188 g/mol. The molecule has 0 radical (unpaired) electrons. The SMILES string of the molecule is CCN1CCC(C(CO)CN(C)C)CC1. The second-order valence-electron chi connectivity index (χ2n) is 4.98.